The second-order valence-corrected chi connectivity index (χ2v) is 18.5. The molecule has 14 heteroatoms. The van der Waals surface area contributed by atoms with Gasteiger partial charge in [0.15, 0.2) is 10.8 Å². The molecule has 4 aromatic carbocycles. The van der Waals surface area contributed by atoms with Gasteiger partial charge in [-0.25, -0.2) is 19.5 Å². The number of carbonyl (C=O) groups is 2. The highest BCUT2D eigenvalue weighted by atomic mass is 32.2. The van der Waals surface area contributed by atoms with Crippen LogP contribution in [0.15, 0.2) is 118 Å². The van der Waals surface area contributed by atoms with Gasteiger partial charge in [-0.15, -0.1) is 0 Å². The Morgan fingerprint density at radius 3 is 2.28 bits per heavy atom. The van der Waals surface area contributed by atoms with Crippen molar-refractivity contribution in [3.63, 3.8) is 0 Å². The normalized spacial score (nSPS) is 12.4. The summed E-state index contributed by atoms with van der Waals surface area (Å²) >= 11 is 2.60. The van der Waals surface area contributed by atoms with Gasteiger partial charge >= 0.3 is 7.82 Å². The van der Waals surface area contributed by atoms with Crippen molar-refractivity contribution in [2.75, 3.05) is 5.32 Å². The highest BCUT2D eigenvalue weighted by Crippen LogP contribution is 2.46. The quantitative estimate of drug-likeness (QED) is 0.0607. The van der Waals surface area contributed by atoms with Gasteiger partial charge in [0.2, 0.25) is 0 Å². The SMILES string of the molecule is Cc1cc(C)c(C(C)(C)CC(=O)Sc2ccc(Sc3ccc(C(=O)N[C@@H](C)c4ccccc4)cc3Nc3ncnc4nc(C(C)C)ccc34)cc2)c(OP(=O)(O)O)c1. The summed E-state index contributed by atoms with van der Waals surface area (Å²) in [6.07, 6.45) is 1.57. The number of fused-ring (bicyclic) bond motifs is 1. The number of thioether (sulfide) groups is 1. The van der Waals surface area contributed by atoms with Crippen molar-refractivity contribution in [3.8, 4) is 5.75 Å². The maximum absolute atomic E-state index is 13.6. The summed E-state index contributed by atoms with van der Waals surface area (Å²) in [6.45, 7) is 13.5. The van der Waals surface area contributed by atoms with E-state index in [0.717, 1.165) is 54.2 Å². The van der Waals surface area contributed by atoms with Crippen molar-refractivity contribution in [2.24, 2.45) is 0 Å². The Bertz CT molecular complexity index is 2510. The molecule has 0 aliphatic carbocycles. The van der Waals surface area contributed by atoms with Crippen LogP contribution in [-0.4, -0.2) is 35.8 Å². The minimum absolute atomic E-state index is 0.0732. The predicted molar refractivity (Wildman–Crippen MR) is 231 cm³/mol. The molecule has 6 aromatic rings. The minimum atomic E-state index is -4.82. The van der Waals surface area contributed by atoms with Crippen LogP contribution in [0.5, 0.6) is 5.75 Å². The molecular formula is C44H46N5O6PS2. The zero-order valence-corrected chi connectivity index (χ0v) is 35.8. The summed E-state index contributed by atoms with van der Waals surface area (Å²) < 4.78 is 16.9. The summed E-state index contributed by atoms with van der Waals surface area (Å²) in [5.74, 6) is 0.642. The molecule has 0 aliphatic rings. The molecule has 1 amide bonds. The molecule has 1 atom stereocenters. The van der Waals surface area contributed by atoms with Gasteiger partial charge in [0.1, 0.15) is 17.9 Å². The van der Waals surface area contributed by atoms with Crippen molar-refractivity contribution in [2.45, 2.75) is 86.9 Å². The van der Waals surface area contributed by atoms with Gasteiger partial charge in [-0.2, -0.15) is 0 Å². The van der Waals surface area contributed by atoms with E-state index in [-0.39, 0.29) is 35.2 Å². The first-order chi connectivity index (χ1) is 27.5. The summed E-state index contributed by atoms with van der Waals surface area (Å²) in [5.41, 5.74) is 5.00. The van der Waals surface area contributed by atoms with Gasteiger partial charge in [-0.05, 0) is 104 Å². The topological polar surface area (TPSA) is 164 Å². The number of hydrogen-bond donors (Lipinski definition) is 4. The lowest BCUT2D eigenvalue weighted by Crippen LogP contribution is -2.26. The number of hydrogen-bond acceptors (Lipinski definition) is 10. The number of rotatable bonds is 14. The highest BCUT2D eigenvalue weighted by Gasteiger charge is 2.32. The van der Waals surface area contributed by atoms with Gasteiger partial charge in [-0.1, -0.05) is 87.6 Å². The Hall–Kier alpha value is -5.04. The Kier molecular flexibility index (Phi) is 13.1. The number of phosphoric acid groups is 1. The van der Waals surface area contributed by atoms with E-state index in [1.807, 2.05) is 120 Å². The van der Waals surface area contributed by atoms with Crippen LogP contribution in [0, 0.1) is 13.8 Å². The van der Waals surface area contributed by atoms with E-state index < -0.39 is 13.2 Å². The molecule has 2 aromatic heterocycles. The third-order valence-corrected chi connectivity index (χ3v) is 11.9. The van der Waals surface area contributed by atoms with Crippen LogP contribution in [-0.2, 0) is 14.8 Å². The molecule has 0 radical (unpaired) electrons. The van der Waals surface area contributed by atoms with Crippen LogP contribution in [0.3, 0.4) is 0 Å². The average Bonchev–Trinajstić information content (AvgIpc) is 3.15. The van der Waals surface area contributed by atoms with Crippen LogP contribution < -0.4 is 15.2 Å². The molecule has 0 saturated carbocycles. The van der Waals surface area contributed by atoms with Crippen LogP contribution in [0.1, 0.15) is 91.3 Å². The van der Waals surface area contributed by atoms with E-state index >= 15 is 0 Å². The predicted octanol–water partition coefficient (Wildman–Crippen LogP) is 10.6. The van der Waals surface area contributed by atoms with Crippen molar-refractivity contribution < 1.29 is 28.5 Å². The molecule has 300 valence electrons. The average molecular weight is 836 g/mol. The second-order valence-electron chi connectivity index (χ2n) is 15.1. The number of carbonyl (C=O) groups excluding carboxylic acids is 2. The van der Waals surface area contributed by atoms with Crippen molar-refractivity contribution in [1.82, 2.24) is 20.3 Å². The number of phosphoric ester groups is 1. The molecule has 6 rings (SSSR count). The first-order valence-corrected chi connectivity index (χ1v) is 21.9. The molecule has 0 aliphatic heterocycles. The largest absolute Gasteiger partial charge is 0.524 e. The number of aryl methyl sites for hydroxylation is 2. The van der Waals surface area contributed by atoms with Gasteiger partial charge in [0.25, 0.3) is 5.91 Å². The first kappa shape index (κ1) is 42.6. The maximum Gasteiger partial charge on any atom is 0.524 e. The van der Waals surface area contributed by atoms with Gasteiger partial charge < -0.3 is 15.2 Å². The van der Waals surface area contributed by atoms with Crippen LogP contribution >= 0.6 is 31.3 Å². The molecule has 4 N–H and O–H groups in total. The summed E-state index contributed by atoms with van der Waals surface area (Å²) in [7, 11) is -4.82. The number of pyridine rings is 1. The monoisotopic (exact) mass is 835 g/mol. The molecule has 0 unspecified atom stereocenters. The highest BCUT2D eigenvalue weighted by molar-refractivity contribution is 8.13. The standard InChI is InChI=1S/C44H46N5O6PS2/c1-26(2)35-19-18-34-41(48-35)45-25-46-42(34)49-36-23-31(43(51)47-29(5)30-11-9-8-10-12-30)13-20-38(36)57-32-14-16-33(17-15-32)58-39(50)24-44(6,7)40-28(4)21-27(3)22-37(40)55-56(52,53)54/h8-23,25-26,29H,24H2,1-7H3,(H,47,51)(H2,52,53,54)(H,45,46,48,49)/t29-/m0/s1. The van der Waals surface area contributed by atoms with E-state index in [4.69, 9.17) is 9.51 Å². The lowest BCUT2D eigenvalue weighted by molar-refractivity contribution is -0.111. The van der Waals surface area contributed by atoms with E-state index in [9.17, 15) is 23.9 Å². The Morgan fingerprint density at radius 1 is 0.879 bits per heavy atom. The number of benzene rings is 4. The zero-order chi connectivity index (χ0) is 41.8. The van der Waals surface area contributed by atoms with E-state index in [1.165, 1.54) is 18.1 Å². The number of anilines is 2. The van der Waals surface area contributed by atoms with Crippen molar-refractivity contribution >= 4 is 64.9 Å². The summed E-state index contributed by atoms with van der Waals surface area (Å²) in [6, 6.07) is 30.2. The van der Waals surface area contributed by atoms with Crippen LogP contribution in [0.4, 0.5) is 11.5 Å². The van der Waals surface area contributed by atoms with Crippen LogP contribution in [0.25, 0.3) is 11.0 Å². The molecule has 0 fully saturated rings. The first-order valence-electron chi connectivity index (χ1n) is 18.7. The number of aromatic nitrogens is 3. The lowest BCUT2D eigenvalue weighted by atomic mass is 9.78. The fourth-order valence-electron chi connectivity index (χ4n) is 6.78. The summed E-state index contributed by atoms with van der Waals surface area (Å²) in [4.78, 5) is 62.4. The fourth-order valence-corrected chi connectivity index (χ4v) is 9.03. The van der Waals surface area contributed by atoms with Gasteiger partial charge in [0, 0.05) is 43.3 Å². The van der Waals surface area contributed by atoms with Crippen molar-refractivity contribution in [1.29, 1.82) is 0 Å². The number of amides is 1. The van der Waals surface area contributed by atoms with Crippen LogP contribution in [0.2, 0.25) is 0 Å². The molecule has 0 bridgehead atoms. The molecule has 0 spiro atoms. The maximum atomic E-state index is 13.6. The van der Waals surface area contributed by atoms with Gasteiger partial charge in [-0.3, -0.25) is 19.4 Å². The lowest BCUT2D eigenvalue weighted by Gasteiger charge is -2.29. The Morgan fingerprint density at radius 2 is 1.59 bits per heavy atom. The molecule has 11 nitrogen and oxygen atoms in total. The van der Waals surface area contributed by atoms with E-state index in [2.05, 4.69) is 34.4 Å². The Balaban J connectivity index is 1.23. The molecular weight excluding hydrogens is 790 g/mol. The van der Waals surface area contributed by atoms with Gasteiger partial charge in [0.05, 0.1) is 17.1 Å². The zero-order valence-electron chi connectivity index (χ0n) is 33.3. The minimum Gasteiger partial charge on any atom is -0.404 e. The summed E-state index contributed by atoms with van der Waals surface area (Å²) in [5, 5.41) is 7.21. The third-order valence-electron chi connectivity index (χ3n) is 9.46. The Labute approximate surface area is 347 Å². The molecule has 2 heterocycles. The molecule has 0 saturated heterocycles. The van der Waals surface area contributed by atoms with Crippen molar-refractivity contribution in [3.05, 3.63) is 137 Å². The second kappa shape index (κ2) is 17.8. The number of nitrogens with zero attached hydrogens (tertiary/aromatic N) is 3. The number of nitrogens with one attached hydrogen (secondary N) is 2. The smallest absolute Gasteiger partial charge is 0.404 e. The molecule has 58 heavy (non-hydrogen) atoms. The third kappa shape index (κ3) is 10.7. The fraction of sp³-hybridized carbons (Fsp3) is 0.250. The van der Waals surface area contributed by atoms with E-state index in [1.54, 1.807) is 12.1 Å². The van der Waals surface area contributed by atoms with E-state index in [0.29, 0.717) is 28.3 Å².